The lowest BCUT2D eigenvalue weighted by Crippen LogP contribution is -2.44. The molecule has 10 nitrogen and oxygen atoms in total. The number of aryl methyl sites for hydroxylation is 1. The lowest BCUT2D eigenvalue weighted by atomic mass is 9.98. The van der Waals surface area contributed by atoms with E-state index in [2.05, 4.69) is 38.7 Å². The van der Waals surface area contributed by atoms with Crippen molar-refractivity contribution in [3.8, 4) is 11.1 Å². The molecule has 1 aromatic carbocycles. The highest BCUT2D eigenvalue weighted by Gasteiger charge is 2.24. The zero-order valence-electron chi connectivity index (χ0n) is 20.7. The summed E-state index contributed by atoms with van der Waals surface area (Å²) in [7, 11) is 0. The number of anilines is 4. The molecule has 188 valence electrons. The monoisotopic (exact) mass is 488 g/mol. The van der Waals surface area contributed by atoms with Crippen molar-refractivity contribution in [2.24, 2.45) is 0 Å². The Balaban J connectivity index is 1.53. The molecule has 0 saturated carbocycles. The summed E-state index contributed by atoms with van der Waals surface area (Å²) in [5, 5.41) is 21.5. The Bertz CT molecular complexity index is 1240. The highest BCUT2D eigenvalue weighted by Crippen LogP contribution is 2.35. The standard InChI is InChI=1S/C26H32N8O2/c1-17-13-19(5-6-22(17)29-26(35)33-9-3-4-10-33)20-14-24(34-11-12-36-16-18(34)2)31-25(21(20)15-27)30-23-7-8-28-32-23/h5-8,13-15,18,27H,3-4,9-12,16H2,1-2H3,(H,29,35)(H2,28,30,31,32)/t18-/m1/s1. The number of carbonyl (C=O) groups excluding carboxylic acids is 1. The fourth-order valence-corrected chi connectivity index (χ4v) is 4.78. The molecule has 5 rings (SSSR count). The Labute approximate surface area is 210 Å². The largest absolute Gasteiger partial charge is 0.377 e. The molecule has 0 radical (unpaired) electrons. The second-order valence-corrected chi connectivity index (χ2v) is 9.30. The minimum Gasteiger partial charge on any atom is -0.377 e. The highest BCUT2D eigenvalue weighted by atomic mass is 16.5. The fourth-order valence-electron chi connectivity index (χ4n) is 4.78. The fraction of sp³-hybridized carbons (Fsp3) is 0.385. The van der Waals surface area contributed by atoms with Crippen LogP contribution in [0.4, 0.5) is 27.9 Å². The molecule has 0 aliphatic carbocycles. The van der Waals surface area contributed by atoms with E-state index in [1.807, 2.05) is 36.1 Å². The molecule has 0 spiro atoms. The number of rotatable bonds is 6. The molecule has 2 fully saturated rings. The third-order valence-corrected chi connectivity index (χ3v) is 6.78. The number of morpholine rings is 1. The summed E-state index contributed by atoms with van der Waals surface area (Å²) in [6.45, 7) is 7.73. The van der Waals surface area contributed by atoms with E-state index < -0.39 is 0 Å². The minimum absolute atomic E-state index is 0.0536. The van der Waals surface area contributed by atoms with Gasteiger partial charge in [-0.2, -0.15) is 5.10 Å². The maximum atomic E-state index is 12.6. The number of benzene rings is 1. The molecule has 2 aromatic heterocycles. The van der Waals surface area contributed by atoms with E-state index in [4.69, 9.17) is 15.1 Å². The maximum Gasteiger partial charge on any atom is 0.321 e. The van der Waals surface area contributed by atoms with Gasteiger partial charge in [-0.25, -0.2) is 9.78 Å². The van der Waals surface area contributed by atoms with Gasteiger partial charge >= 0.3 is 6.03 Å². The molecule has 1 atom stereocenters. The minimum atomic E-state index is -0.0536. The first kappa shape index (κ1) is 23.8. The van der Waals surface area contributed by atoms with Crippen molar-refractivity contribution in [2.45, 2.75) is 32.7 Å². The van der Waals surface area contributed by atoms with Crippen LogP contribution in [-0.2, 0) is 4.74 Å². The van der Waals surface area contributed by atoms with Crippen molar-refractivity contribution < 1.29 is 9.53 Å². The van der Waals surface area contributed by atoms with E-state index in [1.54, 1.807) is 6.20 Å². The van der Waals surface area contributed by atoms with Crippen LogP contribution < -0.4 is 15.5 Å². The summed E-state index contributed by atoms with van der Waals surface area (Å²) in [5.41, 5.74) is 4.25. The third kappa shape index (κ3) is 4.90. The van der Waals surface area contributed by atoms with Gasteiger partial charge < -0.3 is 30.6 Å². The van der Waals surface area contributed by atoms with Gasteiger partial charge in [0.1, 0.15) is 17.5 Å². The molecule has 3 aromatic rings. The van der Waals surface area contributed by atoms with Gasteiger partial charge in [-0.05, 0) is 61.6 Å². The number of nitrogens with zero attached hydrogens (tertiary/aromatic N) is 4. The lowest BCUT2D eigenvalue weighted by Gasteiger charge is -2.35. The number of ether oxygens (including phenoxy) is 1. The average Bonchev–Trinajstić information content (AvgIpc) is 3.60. The Kier molecular flexibility index (Phi) is 6.86. The van der Waals surface area contributed by atoms with Crippen LogP contribution in [0.3, 0.4) is 0 Å². The molecule has 2 saturated heterocycles. The Hall–Kier alpha value is -3.92. The van der Waals surface area contributed by atoms with Gasteiger partial charge in [0.2, 0.25) is 0 Å². The zero-order valence-corrected chi connectivity index (χ0v) is 20.7. The molecule has 0 bridgehead atoms. The van der Waals surface area contributed by atoms with E-state index >= 15 is 0 Å². The topological polar surface area (TPSA) is 122 Å². The summed E-state index contributed by atoms with van der Waals surface area (Å²) in [5.74, 6) is 2.09. The van der Waals surface area contributed by atoms with Crippen LogP contribution in [0.1, 0.15) is 30.9 Å². The first-order valence-corrected chi connectivity index (χ1v) is 12.4. The number of hydrogen-bond acceptors (Lipinski definition) is 7. The van der Waals surface area contributed by atoms with Crippen LogP contribution in [-0.4, -0.2) is 71.2 Å². The van der Waals surface area contributed by atoms with Crippen molar-refractivity contribution >= 4 is 35.4 Å². The van der Waals surface area contributed by atoms with E-state index in [0.717, 1.165) is 60.7 Å². The summed E-state index contributed by atoms with van der Waals surface area (Å²) < 4.78 is 5.63. The van der Waals surface area contributed by atoms with Crippen molar-refractivity contribution in [3.63, 3.8) is 0 Å². The van der Waals surface area contributed by atoms with Crippen LogP contribution in [0.25, 0.3) is 11.1 Å². The van der Waals surface area contributed by atoms with Gasteiger partial charge in [0, 0.05) is 43.2 Å². The number of amides is 2. The number of hydrogen-bond donors (Lipinski definition) is 4. The van der Waals surface area contributed by atoms with E-state index in [9.17, 15) is 4.79 Å². The van der Waals surface area contributed by atoms with Crippen LogP contribution in [0.15, 0.2) is 36.5 Å². The molecule has 2 amide bonds. The van der Waals surface area contributed by atoms with Gasteiger partial charge in [-0.3, -0.25) is 5.10 Å². The van der Waals surface area contributed by atoms with Crippen LogP contribution in [0.2, 0.25) is 0 Å². The van der Waals surface area contributed by atoms with Crippen LogP contribution in [0, 0.1) is 12.3 Å². The zero-order chi connectivity index (χ0) is 25.1. The predicted octanol–water partition coefficient (Wildman–Crippen LogP) is 4.37. The SMILES string of the molecule is Cc1cc(-c2cc(N3CCOC[C@H]3C)nc(Nc3ccn[nH]3)c2C=N)ccc1NC(=O)N1CCCC1. The number of aromatic nitrogens is 3. The Morgan fingerprint density at radius 3 is 2.75 bits per heavy atom. The predicted molar refractivity (Wildman–Crippen MR) is 142 cm³/mol. The first-order valence-electron chi connectivity index (χ1n) is 12.4. The number of nitrogens with one attached hydrogen (secondary N) is 4. The second-order valence-electron chi connectivity index (χ2n) is 9.30. The molecule has 2 aliphatic rings. The number of H-pyrrole nitrogens is 1. The molecule has 0 unspecified atom stereocenters. The number of aromatic amines is 1. The summed E-state index contributed by atoms with van der Waals surface area (Å²) in [6, 6.07) is 9.96. The smallest absolute Gasteiger partial charge is 0.321 e. The molecular formula is C26H32N8O2. The van der Waals surface area contributed by atoms with E-state index in [-0.39, 0.29) is 12.1 Å². The van der Waals surface area contributed by atoms with Gasteiger partial charge in [0.25, 0.3) is 0 Å². The average molecular weight is 489 g/mol. The Morgan fingerprint density at radius 1 is 1.22 bits per heavy atom. The van der Waals surface area contributed by atoms with Crippen LogP contribution in [0.5, 0.6) is 0 Å². The molecular weight excluding hydrogens is 456 g/mol. The summed E-state index contributed by atoms with van der Waals surface area (Å²) >= 11 is 0. The van der Waals surface area contributed by atoms with Crippen molar-refractivity contribution in [1.29, 1.82) is 5.41 Å². The molecule has 2 aliphatic heterocycles. The van der Waals surface area contributed by atoms with E-state index in [1.165, 1.54) is 6.21 Å². The van der Waals surface area contributed by atoms with Crippen LogP contribution >= 0.6 is 0 Å². The molecule has 10 heteroatoms. The van der Waals surface area contributed by atoms with Gasteiger partial charge in [0.15, 0.2) is 0 Å². The molecule has 4 heterocycles. The van der Waals surface area contributed by atoms with Crippen molar-refractivity contribution in [1.82, 2.24) is 20.1 Å². The highest BCUT2D eigenvalue weighted by molar-refractivity contribution is 5.97. The number of likely N-dealkylation sites (tertiary alicyclic amines) is 1. The first-order chi connectivity index (χ1) is 17.5. The van der Waals surface area contributed by atoms with Crippen molar-refractivity contribution in [3.05, 3.63) is 47.7 Å². The Morgan fingerprint density at radius 2 is 2.06 bits per heavy atom. The van der Waals surface area contributed by atoms with Gasteiger partial charge in [0.05, 0.1) is 25.5 Å². The summed E-state index contributed by atoms with van der Waals surface area (Å²) in [6.07, 6.45) is 5.10. The van der Waals surface area contributed by atoms with Crippen molar-refractivity contribution in [2.75, 3.05) is 48.4 Å². The maximum absolute atomic E-state index is 12.6. The van der Waals surface area contributed by atoms with Gasteiger partial charge in [-0.1, -0.05) is 6.07 Å². The van der Waals surface area contributed by atoms with E-state index in [0.29, 0.717) is 30.4 Å². The normalized spacial score (nSPS) is 17.8. The number of pyridine rings is 1. The lowest BCUT2D eigenvalue weighted by molar-refractivity contribution is 0.0985. The summed E-state index contributed by atoms with van der Waals surface area (Å²) in [4.78, 5) is 21.6. The number of urea groups is 1. The third-order valence-electron chi connectivity index (χ3n) is 6.78. The molecule has 36 heavy (non-hydrogen) atoms. The number of carbonyl (C=O) groups is 1. The molecule has 4 N–H and O–H groups in total. The second kappa shape index (κ2) is 10.4. The quantitative estimate of drug-likeness (QED) is 0.382. The van der Waals surface area contributed by atoms with Gasteiger partial charge in [-0.15, -0.1) is 0 Å².